The van der Waals surface area contributed by atoms with E-state index in [9.17, 15) is 4.79 Å². The van der Waals surface area contributed by atoms with Gasteiger partial charge in [0.25, 0.3) is 0 Å². The van der Waals surface area contributed by atoms with Gasteiger partial charge in [-0.2, -0.15) is 0 Å². The Morgan fingerprint density at radius 2 is 2.41 bits per heavy atom. The molecule has 90 valence electrons. The van der Waals surface area contributed by atoms with Crippen molar-refractivity contribution in [3.63, 3.8) is 0 Å². The average molecular weight is 268 g/mol. The first-order chi connectivity index (χ1) is 8.33. The topological polar surface area (TPSA) is 57.1 Å². The predicted octanol–water partition coefficient (Wildman–Crippen LogP) is 0.855. The second-order valence-electron chi connectivity index (χ2n) is 3.80. The molecule has 0 aromatic rings. The van der Waals surface area contributed by atoms with Crippen molar-refractivity contribution in [2.75, 3.05) is 25.4 Å². The van der Waals surface area contributed by atoms with E-state index in [2.05, 4.69) is 20.2 Å². The van der Waals surface area contributed by atoms with E-state index >= 15 is 0 Å². The second kappa shape index (κ2) is 4.73. The highest BCUT2D eigenvalue weighted by atomic mass is 32.2. The van der Waals surface area contributed by atoms with Crippen LogP contribution in [0.25, 0.3) is 0 Å². The van der Waals surface area contributed by atoms with Crippen molar-refractivity contribution in [3.8, 4) is 0 Å². The smallest absolute Gasteiger partial charge is 0.231 e. The van der Waals surface area contributed by atoms with Gasteiger partial charge in [-0.3, -0.25) is 14.8 Å². The molecule has 3 aliphatic heterocycles. The quantitative estimate of drug-likeness (QED) is 0.807. The Labute approximate surface area is 108 Å². The van der Waals surface area contributed by atoms with E-state index in [0.29, 0.717) is 6.42 Å². The van der Waals surface area contributed by atoms with Crippen LogP contribution in [0.15, 0.2) is 21.1 Å². The Morgan fingerprint density at radius 1 is 1.47 bits per heavy atom. The SMILES string of the molecule is O=C(CC1=CSC2=NCCN12)NC1=NCCS1. The molecular formula is C10H12N4OS2. The predicted molar refractivity (Wildman–Crippen MR) is 72.2 cm³/mol. The summed E-state index contributed by atoms with van der Waals surface area (Å²) >= 11 is 3.21. The third-order valence-corrected chi connectivity index (χ3v) is 4.46. The van der Waals surface area contributed by atoms with Crippen molar-refractivity contribution in [1.29, 1.82) is 0 Å². The fourth-order valence-corrected chi connectivity index (χ4v) is 3.55. The molecule has 5 nitrogen and oxygen atoms in total. The van der Waals surface area contributed by atoms with Crippen molar-refractivity contribution in [1.82, 2.24) is 10.2 Å². The Morgan fingerprint density at radius 3 is 3.24 bits per heavy atom. The van der Waals surface area contributed by atoms with Crippen LogP contribution in [0.3, 0.4) is 0 Å². The van der Waals surface area contributed by atoms with E-state index in [1.54, 1.807) is 23.5 Å². The highest BCUT2D eigenvalue weighted by molar-refractivity contribution is 8.16. The van der Waals surface area contributed by atoms with Gasteiger partial charge in [-0.15, -0.1) is 0 Å². The van der Waals surface area contributed by atoms with Gasteiger partial charge >= 0.3 is 0 Å². The van der Waals surface area contributed by atoms with E-state index in [1.807, 2.05) is 5.41 Å². The largest absolute Gasteiger partial charge is 0.322 e. The summed E-state index contributed by atoms with van der Waals surface area (Å²) in [4.78, 5) is 22.5. The maximum atomic E-state index is 11.8. The van der Waals surface area contributed by atoms with E-state index < -0.39 is 0 Å². The number of hydrogen-bond acceptors (Lipinski definition) is 6. The van der Waals surface area contributed by atoms with Gasteiger partial charge < -0.3 is 10.2 Å². The number of hydrogen-bond donors (Lipinski definition) is 1. The third-order valence-electron chi connectivity index (χ3n) is 2.62. The lowest BCUT2D eigenvalue weighted by Gasteiger charge is -2.15. The van der Waals surface area contributed by atoms with E-state index in [-0.39, 0.29) is 5.91 Å². The molecule has 0 saturated carbocycles. The highest BCUT2D eigenvalue weighted by Crippen LogP contribution is 2.30. The Hall–Kier alpha value is -0.950. The summed E-state index contributed by atoms with van der Waals surface area (Å²) < 4.78 is 0. The summed E-state index contributed by atoms with van der Waals surface area (Å²) in [6, 6.07) is 0. The van der Waals surface area contributed by atoms with Gasteiger partial charge in [-0.05, 0) is 5.41 Å². The van der Waals surface area contributed by atoms with Gasteiger partial charge in [0, 0.05) is 18.0 Å². The average Bonchev–Trinajstić information content (AvgIpc) is 2.97. The van der Waals surface area contributed by atoms with Crippen LogP contribution in [0.4, 0.5) is 0 Å². The van der Waals surface area contributed by atoms with Gasteiger partial charge in [-0.1, -0.05) is 23.5 Å². The molecule has 0 fully saturated rings. The zero-order valence-electron chi connectivity index (χ0n) is 9.18. The van der Waals surface area contributed by atoms with Crippen LogP contribution in [-0.4, -0.2) is 46.5 Å². The molecule has 1 amide bonds. The Balaban J connectivity index is 1.56. The van der Waals surface area contributed by atoms with Crippen LogP contribution >= 0.6 is 23.5 Å². The first-order valence-corrected chi connectivity index (χ1v) is 7.34. The fraction of sp³-hybridized carbons (Fsp3) is 0.500. The molecule has 0 aliphatic carbocycles. The number of fused-ring (bicyclic) bond motifs is 1. The molecule has 7 heteroatoms. The molecule has 0 aromatic carbocycles. The lowest BCUT2D eigenvalue weighted by atomic mass is 10.3. The molecule has 3 rings (SSSR count). The van der Waals surface area contributed by atoms with E-state index in [4.69, 9.17) is 0 Å². The Bertz CT molecular complexity index is 444. The van der Waals surface area contributed by atoms with Crippen LogP contribution < -0.4 is 5.32 Å². The number of carbonyl (C=O) groups excluding carboxylic acids is 1. The summed E-state index contributed by atoms with van der Waals surface area (Å²) in [5.41, 5.74) is 1.05. The van der Waals surface area contributed by atoms with Gasteiger partial charge in [0.1, 0.15) is 0 Å². The van der Waals surface area contributed by atoms with Gasteiger partial charge in [0.2, 0.25) is 5.91 Å². The molecule has 0 unspecified atom stereocenters. The summed E-state index contributed by atoms with van der Waals surface area (Å²) in [7, 11) is 0. The molecule has 1 N–H and O–H groups in total. The first-order valence-electron chi connectivity index (χ1n) is 5.48. The molecule has 17 heavy (non-hydrogen) atoms. The van der Waals surface area contributed by atoms with Crippen molar-refractivity contribution in [2.45, 2.75) is 6.42 Å². The number of rotatable bonds is 2. The first kappa shape index (κ1) is 11.2. The van der Waals surface area contributed by atoms with Crippen molar-refractivity contribution < 1.29 is 4.79 Å². The number of amides is 1. The zero-order valence-corrected chi connectivity index (χ0v) is 10.8. The number of thioether (sulfide) groups is 2. The van der Waals surface area contributed by atoms with Crippen molar-refractivity contribution in [3.05, 3.63) is 11.1 Å². The maximum Gasteiger partial charge on any atom is 0.231 e. The van der Waals surface area contributed by atoms with E-state index in [1.165, 1.54) is 0 Å². The number of carbonyl (C=O) groups is 1. The monoisotopic (exact) mass is 268 g/mol. The van der Waals surface area contributed by atoms with Crippen LogP contribution in [-0.2, 0) is 4.79 Å². The van der Waals surface area contributed by atoms with Gasteiger partial charge in [0.15, 0.2) is 10.3 Å². The molecule has 0 bridgehead atoms. The Kier molecular flexibility index (Phi) is 3.11. The molecule has 0 aromatic heterocycles. The summed E-state index contributed by atoms with van der Waals surface area (Å²) in [5.74, 6) is 0.982. The molecule has 0 saturated heterocycles. The number of amidine groups is 2. The molecular weight excluding hydrogens is 256 g/mol. The van der Waals surface area contributed by atoms with Crippen LogP contribution in [0.2, 0.25) is 0 Å². The third kappa shape index (κ3) is 2.35. The lowest BCUT2D eigenvalue weighted by Crippen LogP contribution is -2.30. The fourth-order valence-electron chi connectivity index (χ4n) is 1.85. The number of nitrogens with one attached hydrogen (secondary N) is 1. The van der Waals surface area contributed by atoms with Crippen LogP contribution in [0.1, 0.15) is 6.42 Å². The summed E-state index contributed by atoms with van der Waals surface area (Å²) in [6.45, 7) is 2.54. The maximum absolute atomic E-state index is 11.8. The van der Waals surface area contributed by atoms with Crippen LogP contribution in [0, 0.1) is 0 Å². The summed E-state index contributed by atoms with van der Waals surface area (Å²) in [5, 5.41) is 6.65. The molecule has 3 aliphatic rings. The van der Waals surface area contributed by atoms with Crippen molar-refractivity contribution >= 4 is 39.8 Å². The molecule has 0 radical (unpaired) electrons. The zero-order chi connectivity index (χ0) is 11.7. The van der Waals surface area contributed by atoms with Crippen LogP contribution in [0.5, 0.6) is 0 Å². The normalized spacial score (nSPS) is 22.1. The lowest BCUT2D eigenvalue weighted by molar-refractivity contribution is -0.119. The summed E-state index contributed by atoms with van der Waals surface area (Å²) in [6.07, 6.45) is 0.408. The van der Waals surface area contributed by atoms with Crippen molar-refractivity contribution in [2.24, 2.45) is 9.98 Å². The number of aliphatic imine (C=N–C) groups is 2. The van der Waals surface area contributed by atoms with E-state index in [0.717, 1.165) is 41.4 Å². The van der Waals surface area contributed by atoms with Gasteiger partial charge in [0.05, 0.1) is 19.5 Å². The molecule has 0 spiro atoms. The minimum absolute atomic E-state index is 0.0122. The molecule has 3 heterocycles. The number of nitrogens with zero attached hydrogens (tertiary/aromatic N) is 3. The van der Waals surface area contributed by atoms with Gasteiger partial charge in [-0.25, -0.2) is 0 Å². The minimum atomic E-state index is 0.0122. The second-order valence-corrected chi connectivity index (χ2v) is 5.72. The molecule has 0 atom stereocenters. The highest BCUT2D eigenvalue weighted by Gasteiger charge is 2.27. The standard InChI is InChI=1S/C10H12N4OS2/c15-8(13-9-11-2-4-16-9)5-7-6-17-10-12-1-3-14(7)10/h6H,1-5H2,(H,11,13,15). The minimum Gasteiger partial charge on any atom is -0.322 e.